The number of likely N-dealkylation sites (tertiary alicyclic amines) is 1. The minimum Gasteiger partial charge on any atom is -0.368 e. The minimum absolute atomic E-state index is 0.0355. The molecule has 1 heterocycles. The van der Waals surface area contributed by atoms with Crippen molar-refractivity contribution >= 4 is 11.8 Å². The van der Waals surface area contributed by atoms with Crippen LogP contribution in [0, 0.1) is 11.8 Å². The van der Waals surface area contributed by atoms with Gasteiger partial charge in [0.15, 0.2) is 0 Å². The molecule has 1 aliphatic heterocycles. The summed E-state index contributed by atoms with van der Waals surface area (Å²) in [7, 11) is 0. The van der Waals surface area contributed by atoms with E-state index in [0.717, 1.165) is 12.8 Å². The van der Waals surface area contributed by atoms with E-state index in [0.29, 0.717) is 18.9 Å². The normalized spacial score (nSPS) is 27.2. The van der Waals surface area contributed by atoms with E-state index in [-0.39, 0.29) is 17.7 Å². The smallest absolute Gasteiger partial charge is 0.240 e. The summed E-state index contributed by atoms with van der Waals surface area (Å²) in [4.78, 5) is 25.0. The second kappa shape index (κ2) is 5.32. The van der Waals surface area contributed by atoms with Gasteiger partial charge < -0.3 is 10.6 Å². The van der Waals surface area contributed by atoms with E-state index in [2.05, 4.69) is 6.92 Å². The Hall–Kier alpha value is -1.06. The second-order valence-electron chi connectivity index (χ2n) is 4.65. The molecule has 0 aliphatic carbocycles. The molecule has 1 fully saturated rings. The quantitative estimate of drug-likeness (QED) is 0.764. The Morgan fingerprint density at radius 3 is 2.62 bits per heavy atom. The van der Waals surface area contributed by atoms with Gasteiger partial charge in [0, 0.05) is 12.5 Å². The van der Waals surface area contributed by atoms with Gasteiger partial charge >= 0.3 is 0 Å². The molecule has 1 rings (SSSR count). The number of hydrogen-bond donors (Lipinski definition) is 1. The van der Waals surface area contributed by atoms with Gasteiger partial charge in [-0.25, -0.2) is 0 Å². The molecule has 0 radical (unpaired) electrons. The summed E-state index contributed by atoms with van der Waals surface area (Å²) in [6, 6.07) is -0.420. The van der Waals surface area contributed by atoms with Crippen LogP contribution in [0.2, 0.25) is 0 Å². The summed E-state index contributed by atoms with van der Waals surface area (Å²) in [5, 5.41) is 0. The maximum atomic E-state index is 12.0. The van der Waals surface area contributed by atoms with Crippen molar-refractivity contribution in [2.24, 2.45) is 17.6 Å². The Labute approximate surface area is 97.2 Å². The highest BCUT2D eigenvalue weighted by atomic mass is 16.2. The fourth-order valence-electron chi connectivity index (χ4n) is 2.53. The van der Waals surface area contributed by atoms with E-state index in [9.17, 15) is 9.59 Å². The summed E-state index contributed by atoms with van der Waals surface area (Å²) in [5.74, 6) is 0.114. The molecule has 4 heteroatoms. The molecule has 1 aliphatic rings. The van der Waals surface area contributed by atoms with Crippen molar-refractivity contribution in [2.75, 3.05) is 6.54 Å². The molecule has 16 heavy (non-hydrogen) atoms. The monoisotopic (exact) mass is 226 g/mol. The molecular weight excluding hydrogens is 204 g/mol. The van der Waals surface area contributed by atoms with Crippen LogP contribution in [0.25, 0.3) is 0 Å². The molecule has 0 aromatic heterocycles. The zero-order chi connectivity index (χ0) is 12.3. The molecule has 92 valence electrons. The zero-order valence-corrected chi connectivity index (χ0v) is 10.4. The third-order valence-corrected chi connectivity index (χ3v) is 3.56. The van der Waals surface area contributed by atoms with E-state index in [4.69, 9.17) is 5.73 Å². The van der Waals surface area contributed by atoms with Crippen molar-refractivity contribution in [1.29, 1.82) is 0 Å². The fourth-order valence-corrected chi connectivity index (χ4v) is 2.53. The first kappa shape index (κ1) is 13.0. The van der Waals surface area contributed by atoms with Crippen molar-refractivity contribution in [3.05, 3.63) is 0 Å². The van der Waals surface area contributed by atoms with Crippen molar-refractivity contribution in [3.8, 4) is 0 Å². The average Bonchev–Trinajstić information content (AvgIpc) is 2.48. The Morgan fingerprint density at radius 2 is 2.19 bits per heavy atom. The fraction of sp³-hybridized carbons (Fsp3) is 0.833. The molecule has 2 amide bonds. The number of carbonyl (C=O) groups excluding carboxylic acids is 2. The molecule has 0 aromatic rings. The molecule has 1 saturated heterocycles. The summed E-state index contributed by atoms with van der Waals surface area (Å²) in [5.41, 5.74) is 5.32. The van der Waals surface area contributed by atoms with Gasteiger partial charge in [0.25, 0.3) is 0 Å². The first-order valence-electron chi connectivity index (χ1n) is 6.12. The first-order chi connectivity index (χ1) is 7.52. The molecule has 3 unspecified atom stereocenters. The van der Waals surface area contributed by atoms with Gasteiger partial charge in [-0.3, -0.25) is 9.59 Å². The number of amides is 2. The summed E-state index contributed by atoms with van der Waals surface area (Å²) in [6.45, 7) is 6.65. The predicted octanol–water partition coefficient (Wildman–Crippen LogP) is 1.14. The van der Waals surface area contributed by atoms with Crippen LogP contribution < -0.4 is 5.73 Å². The molecule has 2 N–H and O–H groups in total. The van der Waals surface area contributed by atoms with Gasteiger partial charge in [-0.1, -0.05) is 27.2 Å². The van der Waals surface area contributed by atoms with Crippen molar-refractivity contribution < 1.29 is 9.59 Å². The van der Waals surface area contributed by atoms with Gasteiger partial charge in [0.05, 0.1) is 0 Å². The van der Waals surface area contributed by atoms with E-state index >= 15 is 0 Å². The third-order valence-electron chi connectivity index (χ3n) is 3.56. The van der Waals surface area contributed by atoms with E-state index in [1.54, 1.807) is 4.90 Å². The van der Waals surface area contributed by atoms with Crippen molar-refractivity contribution in [3.63, 3.8) is 0 Å². The van der Waals surface area contributed by atoms with Gasteiger partial charge in [0.1, 0.15) is 6.04 Å². The second-order valence-corrected chi connectivity index (χ2v) is 4.65. The maximum absolute atomic E-state index is 12.0. The number of nitrogens with two attached hydrogens (primary N) is 1. The lowest BCUT2D eigenvalue weighted by molar-refractivity contribution is -0.138. The molecule has 0 bridgehead atoms. The molecule has 0 saturated carbocycles. The topological polar surface area (TPSA) is 63.4 Å². The summed E-state index contributed by atoms with van der Waals surface area (Å²) < 4.78 is 0. The van der Waals surface area contributed by atoms with Crippen LogP contribution in [0.3, 0.4) is 0 Å². The molecule has 0 spiro atoms. The minimum atomic E-state index is -0.420. The van der Waals surface area contributed by atoms with Gasteiger partial charge in [-0.05, 0) is 18.8 Å². The zero-order valence-electron chi connectivity index (χ0n) is 10.4. The Kier molecular flexibility index (Phi) is 4.33. The molecule has 4 nitrogen and oxygen atoms in total. The number of carbonyl (C=O) groups is 2. The summed E-state index contributed by atoms with van der Waals surface area (Å²) >= 11 is 0. The van der Waals surface area contributed by atoms with Crippen LogP contribution in [0.4, 0.5) is 0 Å². The lowest BCUT2D eigenvalue weighted by Gasteiger charge is -2.24. The predicted molar refractivity (Wildman–Crippen MR) is 62.5 cm³/mol. The molecule has 3 atom stereocenters. The van der Waals surface area contributed by atoms with E-state index in [1.165, 1.54) is 0 Å². The van der Waals surface area contributed by atoms with Crippen LogP contribution in [0.5, 0.6) is 0 Å². The van der Waals surface area contributed by atoms with E-state index < -0.39 is 6.04 Å². The van der Waals surface area contributed by atoms with E-state index in [1.807, 2.05) is 13.8 Å². The van der Waals surface area contributed by atoms with Crippen LogP contribution >= 0.6 is 0 Å². The standard InChI is InChI=1S/C12H22N2O2/c1-4-6-9-7-14(12(16)8(9)3)10(5-2)11(13)15/h8-10H,4-7H2,1-3H3,(H2,13,15). The maximum Gasteiger partial charge on any atom is 0.240 e. The van der Waals surface area contributed by atoms with Crippen LogP contribution in [0.1, 0.15) is 40.0 Å². The lowest BCUT2D eigenvalue weighted by atomic mass is 9.93. The third kappa shape index (κ3) is 2.36. The van der Waals surface area contributed by atoms with Crippen LogP contribution in [-0.2, 0) is 9.59 Å². The lowest BCUT2D eigenvalue weighted by Crippen LogP contribution is -2.45. The van der Waals surface area contributed by atoms with Crippen molar-refractivity contribution in [1.82, 2.24) is 4.90 Å². The van der Waals surface area contributed by atoms with Gasteiger partial charge in [-0.15, -0.1) is 0 Å². The van der Waals surface area contributed by atoms with Gasteiger partial charge in [-0.2, -0.15) is 0 Å². The number of hydrogen-bond acceptors (Lipinski definition) is 2. The molecular formula is C12H22N2O2. The highest BCUT2D eigenvalue weighted by Gasteiger charge is 2.40. The van der Waals surface area contributed by atoms with Crippen molar-refractivity contribution in [2.45, 2.75) is 46.1 Å². The average molecular weight is 226 g/mol. The number of nitrogens with zero attached hydrogens (tertiary/aromatic N) is 1. The Morgan fingerprint density at radius 1 is 1.56 bits per heavy atom. The highest BCUT2D eigenvalue weighted by Crippen LogP contribution is 2.30. The largest absolute Gasteiger partial charge is 0.368 e. The Balaban J connectivity index is 2.76. The summed E-state index contributed by atoms with van der Waals surface area (Å²) in [6.07, 6.45) is 2.72. The number of primary amides is 1. The highest BCUT2D eigenvalue weighted by molar-refractivity contribution is 5.88. The Bertz CT molecular complexity index is 278. The SMILES string of the molecule is CCCC1CN(C(CC)C(N)=O)C(=O)C1C. The molecule has 0 aromatic carbocycles. The van der Waals surface area contributed by atoms with Crippen LogP contribution in [0.15, 0.2) is 0 Å². The first-order valence-corrected chi connectivity index (χ1v) is 6.12. The van der Waals surface area contributed by atoms with Gasteiger partial charge in [0.2, 0.25) is 11.8 Å². The number of rotatable bonds is 5. The van der Waals surface area contributed by atoms with Crippen LogP contribution in [-0.4, -0.2) is 29.3 Å².